The fourth-order valence-electron chi connectivity index (χ4n) is 2.09. The van der Waals surface area contributed by atoms with Crippen LogP contribution in [0.3, 0.4) is 0 Å². The molecule has 116 valence electrons. The highest BCUT2D eigenvalue weighted by Crippen LogP contribution is 2.39. The van der Waals surface area contributed by atoms with Gasteiger partial charge in [0, 0.05) is 24.1 Å². The molecule has 1 aromatic carbocycles. The van der Waals surface area contributed by atoms with E-state index in [4.69, 9.17) is 0 Å². The molecule has 2 aromatic rings. The Kier molecular flexibility index (Phi) is 3.96. The van der Waals surface area contributed by atoms with Gasteiger partial charge >= 0.3 is 0 Å². The van der Waals surface area contributed by atoms with Crippen LogP contribution in [0.5, 0.6) is 0 Å². The lowest BCUT2D eigenvalue weighted by atomic mass is 10.2. The molecule has 1 aliphatic rings. The third-order valence-corrected chi connectivity index (χ3v) is 3.44. The molecule has 0 amide bonds. The molecule has 1 aliphatic carbocycles. The summed E-state index contributed by atoms with van der Waals surface area (Å²) in [5.74, 6) is -0.787. The number of halogens is 4. The van der Waals surface area contributed by atoms with E-state index in [9.17, 15) is 17.6 Å². The SMILES string of the molecule is Fc1cccc(F)c1CNc1cc(C(F)F)nc(C2CC2)n1. The largest absolute Gasteiger partial charge is 0.366 e. The predicted molar refractivity (Wildman–Crippen MR) is 72.6 cm³/mol. The zero-order valence-corrected chi connectivity index (χ0v) is 11.5. The van der Waals surface area contributed by atoms with Crippen LogP contribution in [0, 0.1) is 11.6 Å². The minimum atomic E-state index is -2.72. The molecule has 0 aliphatic heterocycles. The first-order valence-corrected chi connectivity index (χ1v) is 6.88. The van der Waals surface area contributed by atoms with Gasteiger partial charge in [0.15, 0.2) is 0 Å². The zero-order chi connectivity index (χ0) is 15.7. The van der Waals surface area contributed by atoms with Crippen LogP contribution in [0.2, 0.25) is 0 Å². The van der Waals surface area contributed by atoms with E-state index in [2.05, 4.69) is 15.3 Å². The Bertz CT molecular complexity index is 646. The number of hydrogen-bond acceptors (Lipinski definition) is 3. The first-order chi connectivity index (χ1) is 10.5. The number of nitrogens with one attached hydrogen (secondary N) is 1. The molecule has 0 bridgehead atoms. The maximum Gasteiger partial charge on any atom is 0.280 e. The van der Waals surface area contributed by atoms with Gasteiger partial charge in [0.05, 0.1) is 0 Å². The standard InChI is InChI=1S/C15H13F4N3/c16-10-2-1-3-11(17)9(10)7-20-13-6-12(14(18)19)21-15(22-13)8-4-5-8/h1-3,6,8,14H,4-5,7H2,(H,20,21,22). The van der Waals surface area contributed by atoms with Crippen molar-refractivity contribution in [2.75, 3.05) is 5.32 Å². The lowest BCUT2D eigenvalue weighted by Gasteiger charge is -2.10. The van der Waals surface area contributed by atoms with Gasteiger partial charge < -0.3 is 5.32 Å². The van der Waals surface area contributed by atoms with Gasteiger partial charge in [-0.1, -0.05) is 6.07 Å². The summed E-state index contributed by atoms with van der Waals surface area (Å²) in [6, 6.07) is 4.65. The van der Waals surface area contributed by atoms with Gasteiger partial charge in [-0.15, -0.1) is 0 Å². The monoisotopic (exact) mass is 311 g/mol. The van der Waals surface area contributed by atoms with E-state index in [-0.39, 0.29) is 29.5 Å². The van der Waals surface area contributed by atoms with Crippen LogP contribution in [0.4, 0.5) is 23.4 Å². The van der Waals surface area contributed by atoms with E-state index < -0.39 is 18.1 Å². The summed E-state index contributed by atoms with van der Waals surface area (Å²) >= 11 is 0. The van der Waals surface area contributed by atoms with Crippen LogP contribution < -0.4 is 5.32 Å². The molecule has 0 unspecified atom stereocenters. The van der Waals surface area contributed by atoms with E-state index in [1.807, 2.05) is 0 Å². The van der Waals surface area contributed by atoms with Gasteiger partial charge in [0.2, 0.25) is 0 Å². The Hall–Kier alpha value is -2.18. The highest BCUT2D eigenvalue weighted by molar-refractivity contribution is 5.39. The van der Waals surface area contributed by atoms with Crippen LogP contribution in [0.15, 0.2) is 24.3 Å². The fourth-order valence-corrected chi connectivity index (χ4v) is 2.09. The van der Waals surface area contributed by atoms with Crippen molar-refractivity contribution in [3.05, 3.63) is 53.0 Å². The van der Waals surface area contributed by atoms with E-state index >= 15 is 0 Å². The third kappa shape index (κ3) is 3.18. The molecule has 1 aromatic heterocycles. The van der Waals surface area contributed by atoms with E-state index in [1.165, 1.54) is 6.07 Å². The van der Waals surface area contributed by atoms with Crippen molar-refractivity contribution in [2.45, 2.75) is 31.7 Å². The molecule has 1 saturated carbocycles. The van der Waals surface area contributed by atoms with E-state index in [1.54, 1.807) is 0 Å². The fraction of sp³-hybridized carbons (Fsp3) is 0.333. The van der Waals surface area contributed by atoms with Crippen molar-refractivity contribution in [2.24, 2.45) is 0 Å². The second-order valence-electron chi connectivity index (χ2n) is 5.16. The molecule has 0 spiro atoms. The van der Waals surface area contributed by atoms with Crippen molar-refractivity contribution in [1.82, 2.24) is 9.97 Å². The summed E-state index contributed by atoms with van der Waals surface area (Å²) in [5.41, 5.74) is -0.541. The lowest BCUT2D eigenvalue weighted by molar-refractivity contribution is 0.145. The Labute approximate surface area is 124 Å². The average Bonchev–Trinajstić information content (AvgIpc) is 3.31. The maximum absolute atomic E-state index is 13.5. The smallest absolute Gasteiger partial charge is 0.280 e. The number of aromatic nitrogens is 2. The molecule has 0 atom stereocenters. The maximum atomic E-state index is 13.5. The Morgan fingerprint density at radius 1 is 1.14 bits per heavy atom. The molecular formula is C15H13F4N3. The molecule has 0 radical (unpaired) electrons. The molecule has 3 nitrogen and oxygen atoms in total. The molecule has 22 heavy (non-hydrogen) atoms. The van der Waals surface area contributed by atoms with Gasteiger partial charge in [0.25, 0.3) is 6.43 Å². The minimum absolute atomic E-state index is 0.101. The van der Waals surface area contributed by atoms with Crippen molar-refractivity contribution in [1.29, 1.82) is 0 Å². The first-order valence-electron chi connectivity index (χ1n) is 6.88. The van der Waals surface area contributed by atoms with Crippen LogP contribution >= 0.6 is 0 Å². The quantitative estimate of drug-likeness (QED) is 0.842. The third-order valence-electron chi connectivity index (χ3n) is 3.44. The average molecular weight is 311 g/mol. The number of nitrogens with zero attached hydrogens (tertiary/aromatic N) is 2. The number of anilines is 1. The Morgan fingerprint density at radius 2 is 1.82 bits per heavy atom. The molecule has 1 fully saturated rings. The minimum Gasteiger partial charge on any atom is -0.366 e. The molecule has 3 rings (SSSR count). The summed E-state index contributed by atoms with van der Waals surface area (Å²) in [4.78, 5) is 7.99. The summed E-state index contributed by atoms with van der Waals surface area (Å²) in [5, 5.41) is 2.70. The molecular weight excluding hydrogens is 298 g/mol. The number of alkyl halides is 2. The topological polar surface area (TPSA) is 37.8 Å². The predicted octanol–water partition coefficient (Wildman–Crippen LogP) is 4.18. The lowest BCUT2D eigenvalue weighted by Crippen LogP contribution is -2.09. The van der Waals surface area contributed by atoms with Gasteiger partial charge in [0.1, 0.15) is 29.0 Å². The number of rotatable bonds is 5. The van der Waals surface area contributed by atoms with Crippen LogP contribution in [0.1, 0.15) is 42.3 Å². The van der Waals surface area contributed by atoms with E-state index in [0.717, 1.165) is 31.0 Å². The van der Waals surface area contributed by atoms with E-state index in [0.29, 0.717) is 5.82 Å². The summed E-state index contributed by atoms with van der Waals surface area (Å²) in [6.45, 7) is -0.178. The highest BCUT2D eigenvalue weighted by atomic mass is 19.3. The molecule has 1 N–H and O–H groups in total. The zero-order valence-electron chi connectivity index (χ0n) is 11.5. The van der Waals surface area contributed by atoms with Crippen molar-refractivity contribution < 1.29 is 17.6 Å². The second-order valence-corrected chi connectivity index (χ2v) is 5.16. The van der Waals surface area contributed by atoms with Crippen molar-refractivity contribution in [3.63, 3.8) is 0 Å². The van der Waals surface area contributed by atoms with Gasteiger partial charge in [-0.05, 0) is 25.0 Å². The summed E-state index contributed by atoms with van der Waals surface area (Å²) in [7, 11) is 0. The second kappa shape index (κ2) is 5.90. The van der Waals surface area contributed by atoms with Crippen LogP contribution in [-0.2, 0) is 6.54 Å². The summed E-state index contributed by atoms with van der Waals surface area (Å²) in [6.07, 6.45) is -0.978. The van der Waals surface area contributed by atoms with Crippen LogP contribution in [0.25, 0.3) is 0 Å². The molecule has 1 heterocycles. The van der Waals surface area contributed by atoms with Gasteiger partial charge in [-0.2, -0.15) is 0 Å². The first kappa shape index (κ1) is 14.7. The molecule has 7 heteroatoms. The van der Waals surface area contributed by atoms with Crippen LogP contribution in [-0.4, -0.2) is 9.97 Å². The van der Waals surface area contributed by atoms with Gasteiger partial charge in [-0.3, -0.25) is 0 Å². The highest BCUT2D eigenvalue weighted by Gasteiger charge is 2.28. The Balaban J connectivity index is 1.82. The summed E-state index contributed by atoms with van der Waals surface area (Å²) < 4.78 is 52.8. The normalized spacial score (nSPS) is 14.4. The molecule has 0 saturated heterocycles. The van der Waals surface area contributed by atoms with Crippen molar-refractivity contribution >= 4 is 5.82 Å². The van der Waals surface area contributed by atoms with Gasteiger partial charge in [-0.25, -0.2) is 27.5 Å². The van der Waals surface area contributed by atoms with Crippen molar-refractivity contribution in [3.8, 4) is 0 Å². The number of hydrogen-bond donors (Lipinski definition) is 1. The number of benzene rings is 1. The Morgan fingerprint density at radius 3 is 2.41 bits per heavy atom.